The molecule has 0 N–H and O–H groups in total. The molecule has 1 atom stereocenters. The van der Waals surface area contributed by atoms with Crippen LogP contribution >= 0.6 is 0 Å². The molecule has 0 bridgehead atoms. The van der Waals surface area contributed by atoms with Crippen molar-refractivity contribution in [3.05, 3.63) is 58.7 Å². The van der Waals surface area contributed by atoms with Crippen LogP contribution in [0, 0.1) is 13.8 Å². The Labute approximate surface area is 96.9 Å². The van der Waals surface area contributed by atoms with Gasteiger partial charge >= 0.3 is 0 Å². The Bertz CT molecular complexity index is 564. The Morgan fingerprint density at radius 2 is 1.69 bits per heavy atom. The highest BCUT2D eigenvalue weighted by Gasteiger charge is 2.26. The second-order valence-corrected chi connectivity index (χ2v) is 4.85. The predicted octanol–water partition coefficient (Wildman–Crippen LogP) is 4.44. The molecule has 0 aliphatic heterocycles. The van der Waals surface area contributed by atoms with Gasteiger partial charge in [0.2, 0.25) is 0 Å². The van der Waals surface area contributed by atoms with Crippen molar-refractivity contribution in [1.82, 2.24) is 0 Å². The number of hydrogen-bond donors (Lipinski definition) is 0. The Kier molecular flexibility index (Phi) is 1.94. The van der Waals surface area contributed by atoms with E-state index in [0.717, 1.165) is 0 Å². The second kappa shape index (κ2) is 3.21. The Morgan fingerprint density at radius 1 is 0.938 bits per heavy atom. The first-order chi connectivity index (χ1) is 7.68. The molecule has 2 aromatic carbocycles. The van der Waals surface area contributed by atoms with Crippen LogP contribution in [0.25, 0.3) is 11.1 Å². The van der Waals surface area contributed by atoms with Crippen LogP contribution in [-0.4, -0.2) is 0 Å². The normalized spacial score (nSPS) is 17.1. The zero-order valence-corrected chi connectivity index (χ0v) is 10.0. The molecule has 16 heavy (non-hydrogen) atoms. The van der Waals surface area contributed by atoms with Gasteiger partial charge in [0.1, 0.15) is 0 Å². The molecule has 0 amide bonds. The third-order valence-electron chi connectivity index (χ3n) is 3.68. The fourth-order valence-corrected chi connectivity index (χ4v) is 3.05. The van der Waals surface area contributed by atoms with Crippen LogP contribution in [0.2, 0.25) is 0 Å². The van der Waals surface area contributed by atoms with E-state index in [9.17, 15) is 0 Å². The molecule has 0 radical (unpaired) electrons. The van der Waals surface area contributed by atoms with Crippen molar-refractivity contribution in [2.75, 3.05) is 0 Å². The maximum Gasteiger partial charge on any atom is 0.00759 e. The smallest absolute Gasteiger partial charge is 0.00759 e. The quantitative estimate of drug-likeness (QED) is 0.600. The molecule has 1 aliphatic carbocycles. The third-order valence-corrected chi connectivity index (χ3v) is 3.68. The summed E-state index contributed by atoms with van der Waals surface area (Å²) < 4.78 is 0. The third kappa shape index (κ3) is 1.16. The van der Waals surface area contributed by atoms with E-state index in [1.54, 1.807) is 0 Å². The van der Waals surface area contributed by atoms with Crippen LogP contribution in [0.5, 0.6) is 0 Å². The summed E-state index contributed by atoms with van der Waals surface area (Å²) in [4.78, 5) is 0. The minimum atomic E-state index is 0.548. The van der Waals surface area contributed by atoms with Gasteiger partial charge in [-0.1, -0.05) is 48.9 Å². The summed E-state index contributed by atoms with van der Waals surface area (Å²) in [5.41, 5.74) is 8.66. The highest BCUT2D eigenvalue weighted by atomic mass is 14.3. The fourth-order valence-electron chi connectivity index (χ4n) is 3.05. The molecule has 0 nitrogen and oxygen atoms in total. The van der Waals surface area contributed by atoms with Gasteiger partial charge in [-0.2, -0.15) is 0 Å². The van der Waals surface area contributed by atoms with E-state index in [4.69, 9.17) is 0 Å². The second-order valence-electron chi connectivity index (χ2n) is 4.85. The molecule has 0 fully saturated rings. The van der Waals surface area contributed by atoms with Crippen LogP contribution in [0.3, 0.4) is 0 Å². The van der Waals surface area contributed by atoms with E-state index in [-0.39, 0.29) is 0 Å². The average molecular weight is 208 g/mol. The Morgan fingerprint density at radius 3 is 2.50 bits per heavy atom. The van der Waals surface area contributed by atoms with Gasteiger partial charge in [0.15, 0.2) is 0 Å². The highest BCUT2D eigenvalue weighted by molar-refractivity contribution is 5.80. The maximum atomic E-state index is 2.32. The van der Waals surface area contributed by atoms with Gasteiger partial charge in [-0.3, -0.25) is 0 Å². The first-order valence-electron chi connectivity index (χ1n) is 5.89. The molecule has 0 spiro atoms. The number of fused-ring (bicyclic) bond motifs is 3. The van der Waals surface area contributed by atoms with Crippen LogP contribution in [0.1, 0.15) is 35.1 Å². The van der Waals surface area contributed by atoms with Gasteiger partial charge in [0.05, 0.1) is 0 Å². The Balaban J connectivity index is 2.38. The lowest BCUT2D eigenvalue weighted by atomic mass is 9.94. The van der Waals surface area contributed by atoms with E-state index in [2.05, 4.69) is 57.2 Å². The summed E-state index contributed by atoms with van der Waals surface area (Å²) >= 11 is 0. The minimum absolute atomic E-state index is 0.548. The maximum absolute atomic E-state index is 2.32. The van der Waals surface area contributed by atoms with Crippen molar-refractivity contribution in [2.45, 2.75) is 26.7 Å². The van der Waals surface area contributed by atoms with Crippen LogP contribution in [-0.2, 0) is 0 Å². The molecular formula is C16H16. The summed E-state index contributed by atoms with van der Waals surface area (Å²) in [7, 11) is 0. The van der Waals surface area contributed by atoms with Gasteiger partial charge in [0.25, 0.3) is 0 Å². The molecule has 0 saturated carbocycles. The number of aryl methyl sites for hydroxylation is 2. The Hall–Kier alpha value is -1.56. The van der Waals surface area contributed by atoms with Crippen LogP contribution < -0.4 is 0 Å². The van der Waals surface area contributed by atoms with Gasteiger partial charge in [-0.25, -0.2) is 0 Å². The lowest BCUT2D eigenvalue weighted by Crippen LogP contribution is -1.93. The lowest BCUT2D eigenvalue weighted by molar-refractivity contribution is 0.943. The van der Waals surface area contributed by atoms with Crippen LogP contribution in [0.15, 0.2) is 36.4 Å². The molecule has 1 unspecified atom stereocenters. The van der Waals surface area contributed by atoms with Crippen molar-refractivity contribution < 1.29 is 0 Å². The van der Waals surface area contributed by atoms with Gasteiger partial charge in [-0.15, -0.1) is 0 Å². The zero-order chi connectivity index (χ0) is 11.3. The molecular weight excluding hydrogens is 192 g/mol. The zero-order valence-electron chi connectivity index (χ0n) is 10.0. The van der Waals surface area contributed by atoms with Gasteiger partial charge in [0, 0.05) is 5.92 Å². The first-order valence-corrected chi connectivity index (χ1v) is 5.89. The standard InChI is InChI=1S/C16H16/c1-10-8-11(2)16-12(3)13-6-4-5-7-14(13)15(16)9-10/h4-9,12H,1-3H3. The summed E-state index contributed by atoms with van der Waals surface area (Å²) in [6.45, 7) is 6.72. The molecule has 1 aliphatic rings. The van der Waals surface area contributed by atoms with Gasteiger partial charge < -0.3 is 0 Å². The van der Waals surface area contributed by atoms with E-state index in [1.165, 1.54) is 33.4 Å². The minimum Gasteiger partial charge on any atom is -0.0619 e. The van der Waals surface area contributed by atoms with Crippen molar-refractivity contribution in [1.29, 1.82) is 0 Å². The molecule has 0 aromatic heterocycles. The SMILES string of the molecule is Cc1cc(C)c2c(c1)-c1ccccc1C2C. The molecule has 0 saturated heterocycles. The molecule has 80 valence electrons. The monoisotopic (exact) mass is 208 g/mol. The van der Waals surface area contributed by atoms with Crippen molar-refractivity contribution in [3.63, 3.8) is 0 Å². The topological polar surface area (TPSA) is 0 Å². The number of benzene rings is 2. The predicted molar refractivity (Wildman–Crippen MR) is 68.9 cm³/mol. The summed E-state index contributed by atoms with van der Waals surface area (Å²) in [5.74, 6) is 0.548. The number of hydrogen-bond acceptors (Lipinski definition) is 0. The molecule has 2 aromatic rings. The summed E-state index contributed by atoms with van der Waals surface area (Å²) in [5, 5.41) is 0. The fraction of sp³-hybridized carbons (Fsp3) is 0.250. The highest BCUT2D eigenvalue weighted by Crippen LogP contribution is 2.46. The van der Waals surface area contributed by atoms with Crippen LogP contribution in [0.4, 0.5) is 0 Å². The van der Waals surface area contributed by atoms with Crippen molar-refractivity contribution >= 4 is 0 Å². The largest absolute Gasteiger partial charge is 0.0619 e. The molecule has 3 rings (SSSR count). The average Bonchev–Trinajstić information content (AvgIpc) is 2.54. The first kappa shape index (κ1) is 9.65. The summed E-state index contributed by atoms with van der Waals surface area (Å²) in [6, 6.07) is 13.4. The number of rotatable bonds is 0. The van der Waals surface area contributed by atoms with Gasteiger partial charge in [-0.05, 0) is 41.7 Å². The molecule has 0 heteroatoms. The van der Waals surface area contributed by atoms with Crippen molar-refractivity contribution in [3.8, 4) is 11.1 Å². The van der Waals surface area contributed by atoms with E-state index < -0.39 is 0 Å². The lowest BCUT2D eigenvalue weighted by Gasteiger charge is -2.10. The van der Waals surface area contributed by atoms with Crippen molar-refractivity contribution in [2.24, 2.45) is 0 Å². The molecule has 0 heterocycles. The van der Waals surface area contributed by atoms with E-state index in [0.29, 0.717) is 5.92 Å². The van der Waals surface area contributed by atoms with E-state index in [1.807, 2.05) is 0 Å². The summed E-state index contributed by atoms with van der Waals surface area (Å²) in [6.07, 6.45) is 0. The van der Waals surface area contributed by atoms with E-state index >= 15 is 0 Å².